The molecule has 0 radical (unpaired) electrons. The fraction of sp³-hybridized carbons (Fsp3) is 0.360. The van der Waals surface area contributed by atoms with Gasteiger partial charge in [-0.1, -0.05) is 19.1 Å². The van der Waals surface area contributed by atoms with Crippen LogP contribution in [0.15, 0.2) is 63.7 Å². The van der Waals surface area contributed by atoms with Crippen LogP contribution in [0.2, 0.25) is 0 Å². The Balaban J connectivity index is 1.34. The van der Waals surface area contributed by atoms with Gasteiger partial charge in [-0.3, -0.25) is 4.79 Å². The molecule has 7 nitrogen and oxygen atoms in total. The summed E-state index contributed by atoms with van der Waals surface area (Å²) < 4.78 is 33.4. The molecule has 1 amide bonds. The zero-order valence-electron chi connectivity index (χ0n) is 19.8. The maximum absolute atomic E-state index is 13.1. The summed E-state index contributed by atoms with van der Waals surface area (Å²) in [7, 11) is -3.59. The van der Waals surface area contributed by atoms with Gasteiger partial charge in [0.05, 0.1) is 17.2 Å². The number of ether oxygens (including phenoxy) is 1. The van der Waals surface area contributed by atoms with Gasteiger partial charge in [-0.05, 0) is 61.9 Å². The average molecular weight is 532 g/mol. The third kappa shape index (κ3) is 6.06. The van der Waals surface area contributed by atoms with Crippen LogP contribution in [0.5, 0.6) is 5.75 Å². The number of carbonyl (C=O) groups is 1. The zero-order valence-corrected chi connectivity index (χ0v) is 22.2. The number of hydrogen-bond acceptors (Lipinski definition) is 7. The Morgan fingerprint density at radius 1 is 1.17 bits per heavy atom. The number of thioether (sulfide) groups is 1. The average Bonchev–Trinajstić information content (AvgIpc) is 3.36. The van der Waals surface area contributed by atoms with Gasteiger partial charge in [-0.15, -0.1) is 23.1 Å². The maximum Gasteiger partial charge on any atom is 0.244 e. The van der Waals surface area contributed by atoms with Crippen LogP contribution in [-0.4, -0.2) is 49.6 Å². The Morgan fingerprint density at radius 3 is 2.57 bits per heavy atom. The molecule has 1 aliphatic rings. The van der Waals surface area contributed by atoms with Gasteiger partial charge in [0.2, 0.25) is 15.9 Å². The molecule has 0 saturated carbocycles. The Morgan fingerprint density at radius 2 is 1.89 bits per heavy atom. The van der Waals surface area contributed by atoms with Crippen molar-refractivity contribution in [3.63, 3.8) is 0 Å². The van der Waals surface area contributed by atoms with Gasteiger partial charge in [-0.25, -0.2) is 13.4 Å². The van der Waals surface area contributed by atoms with Crippen molar-refractivity contribution < 1.29 is 17.9 Å². The lowest BCUT2D eigenvalue weighted by Gasteiger charge is -2.30. The van der Waals surface area contributed by atoms with Crippen LogP contribution >= 0.6 is 23.1 Å². The van der Waals surface area contributed by atoms with E-state index in [1.165, 1.54) is 27.4 Å². The number of nitrogens with zero attached hydrogens (tertiary/aromatic N) is 2. The third-order valence-corrected chi connectivity index (χ3v) is 9.51. The van der Waals surface area contributed by atoms with E-state index in [1.54, 1.807) is 12.1 Å². The Labute approximate surface area is 215 Å². The first-order valence-corrected chi connectivity index (χ1v) is 15.1. The summed E-state index contributed by atoms with van der Waals surface area (Å²) in [6.45, 7) is 3.39. The molecule has 0 unspecified atom stereocenters. The van der Waals surface area contributed by atoms with Gasteiger partial charge in [0.1, 0.15) is 5.75 Å². The molecular formula is C25H29N3O4S3. The Bertz CT molecular complexity index is 1250. The van der Waals surface area contributed by atoms with Crippen molar-refractivity contribution in [2.24, 2.45) is 5.92 Å². The number of hydrogen-bond donors (Lipinski definition) is 1. The van der Waals surface area contributed by atoms with Gasteiger partial charge >= 0.3 is 0 Å². The number of piperidine rings is 1. The molecule has 10 heteroatoms. The predicted molar refractivity (Wildman–Crippen MR) is 142 cm³/mol. The standard InChI is InChI=1S/C25H29N3O4S3/c1-3-16-32-20-10-8-18(9-11-20)21-17-34-25(26-21)27-24(29)19-12-14-28(15-13-19)35(30,31)23-7-5-4-6-22(23)33-2/h4-11,17,19H,3,12-16H2,1-2H3,(H,26,27,29). The van der Waals surface area contributed by atoms with Crippen molar-refractivity contribution in [1.82, 2.24) is 9.29 Å². The van der Waals surface area contributed by atoms with Crippen molar-refractivity contribution >= 4 is 44.2 Å². The summed E-state index contributed by atoms with van der Waals surface area (Å²) in [6, 6.07) is 14.8. The van der Waals surface area contributed by atoms with E-state index in [-0.39, 0.29) is 11.8 Å². The first-order chi connectivity index (χ1) is 16.9. The second-order valence-corrected chi connectivity index (χ2v) is 11.8. The second kappa shape index (κ2) is 11.6. The quantitative estimate of drug-likeness (QED) is 0.374. The van der Waals surface area contributed by atoms with Gasteiger partial charge in [-0.2, -0.15) is 4.31 Å². The largest absolute Gasteiger partial charge is 0.494 e. The fourth-order valence-electron chi connectivity index (χ4n) is 3.94. The van der Waals surface area contributed by atoms with Crippen molar-refractivity contribution in [3.8, 4) is 17.0 Å². The van der Waals surface area contributed by atoms with E-state index in [1.807, 2.05) is 48.0 Å². The number of aromatic nitrogens is 1. The van der Waals surface area contributed by atoms with Crippen LogP contribution in [0.3, 0.4) is 0 Å². The van der Waals surface area contributed by atoms with E-state index >= 15 is 0 Å². The molecule has 1 saturated heterocycles. The summed E-state index contributed by atoms with van der Waals surface area (Å²) in [5.74, 6) is 0.458. The van der Waals surface area contributed by atoms with Crippen LogP contribution < -0.4 is 10.1 Å². The lowest BCUT2D eigenvalue weighted by atomic mass is 9.97. The normalized spacial score (nSPS) is 15.1. The number of amides is 1. The molecule has 1 fully saturated rings. The molecule has 2 heterocycles. The van der Waals surface area contributed by atoms with Crippen LogP contribution in [0.1, 0.15) is 26.2 Å². The highest BCUT2D eigenvalue weighted by atomic mass is 32.2. The molecule has 2 aromatic carbocycles. The highest BCUT2D eigenvalue weighted by Crippen LogP contribution is 2.31. The SMILES string of the molecule is CCCOc1ccc(-c2csc(NC(=O)C3CCN(S(=O)(=O)c4ccccc4SC)CC3)n2)cc1. The number of nitrogens with one attached hydrogen (secondary N) is 1. The van der Waals surface area contributed by atoms with Gasteiger partial charge in [0.15, 0.2) is 5.13 Å². The van der Waals surface area contributed by atoms with Gasteiger partial charge < -0.3 is 10.1 Å². The zero-order chi connectivity index (χ0) is 24.8. The minimum Gasteiger partial charge on any atom is -0.494 e. The Hall–Kier alpha value is -2.40. The first kappa shape index (κ1) is 25.7. The van der Waals surface area contributed by atoms with Crippen LogP contribution in [0, 0.1) is 5.92 Å². The van der Waals surface area contributed by atoms with Gasteiger partial charge in [0.25, 0.3) is 0 Å². The van der Waals surface area contributed by atoms with E-state index < -0.39 is 10.0 Å². The second-order valence-electron chi connectivity index (χ2n) is 8.23. The van der Waals surface area contributed by atoms with Crippen LogP contribution in [-0.2, 0) is 14.8 Å². The minimum absolute atomic E-state index is 0.115. The molecule has 0 spiro atoms. The predicted octanol–water partition coefficient (Wildman–Crippen LogP) is 5.36. The molecule has 35 heavy (non-hydrogen) atoms. The number of carbonyl (C=O) groups excluding carboxylic acids is 1. The Kier molecular flexibility index (Phi) is 8.48. The highest BCUT2D eigenvalue weighted by molar-refractivity contribution is 7.99. The van der Waals surface area contributed by atoms with Crippen molar-refractivity contribution in [2.45, 2.75) is 36.0 Å². The number of thiazole rings is 1. The molecule has 1 aromatic heterocycles. The molecule has 0 bridgehead atoms. The van der Waals surface area contributed by atoms with Crippen LogP contribution in [0.4, 0.5) is 5.13 Å². The van der Waals surface area contributed by atoms with Crippen molar-refractivity contribution in [2.75, 3.05) is 31.3 Å². The van der Waals surface area contributed by atoms with Crippen LogP contribution in [0.25, 0.3) is 11.3 Å². The number of benzene rings is 2. The summed E-state index contributed by atoms with van der Waals surface area (Å²) in [4.78, 5) is 18.5. The summed E-state index contributed by atoms with van der Waals surface area (Å²) in [5.41, 5.74) is 1.75. The monoisotopic (exact) mass is 531 g/mol. The van der Waals surface area contributed by atoms with Crippen molar-refractivity contribution in [1.29, 1.82) is 0 Å². The number of sulfonamides is 1. The molecule has 1 aliphatic heterocycles. The molecule has 0 atom stereocenters. The third-order valence-electron chi connectivity index (χ3n) is 5.87. The van der Waals surface area contributed by atoms with E-state index in [2.05, 4.69) is 17.2 Å². The lowest BCUT2D eigenvalue weighted by Crippen LogP contribution is -2.41. The van der Waals surface area contributed by atoms with Gasteiger partial charge in [0, 0.05) is 34.8 Å². The maximum atomic E-state index is 13.1. The number of anilines is 1. The van der Waals surface area contributed by atoms with E-state index in [9.17, 15) is 13.2 Å². The van der Waals surface area contributed by atoms with E-state index in [4.69, 9.17) is 4.74 Å². The lowest BCUT2D eigenvalue weighted by molar-refractivity contribution is -0.120. The molecule has 1 N–H and O–H groups in total. The first-order valence-electron chi connectivity index (χ1n) is 11.5. The smallest absolute Gasteiger partial charge is 0.244 e. The topological polar surface area (TPSA) is 88.6 Å². The summed E-state index contributed by atoms with van der Waals surface area (Å²) in [6.07, 6.45) is 3.78. The minimum atomic E-state index is -3.59. The van der Waals surface area contributed by atoms with Crippen molar-refractivity contribution in [3.05, 3.63) is 53.9 Å². The molecule has 186 valence electrons. The summed E-state index contributed by atoms with van der Waals surface area (Å²) in [5, 5.41) is 5.37. The van der Waals surface area contributed by atoms with E-state index in [0.29, 0.717) is 42.6 Å². The number of rotatable bonds is 9. The molecule has 3 aromatic rings. The molecule has 0 aliphatic carbocycles. The molecule has 4 rings (SSSR count). The molecular weight excluding hydrogens is 502 g/mol. The fourth-order valence-corrected chi connectivity index (χ4v) is 7.26. The summed E-state index contributed by atoms with van der Waals surface area (Å²) >= 11 is 2.79. The van der Waals surface area contributed by atoms with E-state index in [0.717, 1.165) is 28.3 Å². The highest BCUT2D eigenvalue weighted by Gasteiger charge is 2.33.